The molecule has 0 bridgehead atoms. The lowest BCUT2D eigenvalue weighted by atomic mass is 10.2. The molecule has 0 saturated heterocycles. The van der Waals surface area contributed by atoms with Crippen molar-refractivity contribution in [2.45, 2.75) is 5.03 Å². The van der Waals surface area contributed by atoms with Gasteiger partial charge in [0.05, 0.1) is 17.6 Å². The quantitative estimate of drug-likeness (QED) is 0.742. The van der Waals surface area contributed by atoms with Gasteiger partial charge in [0, 0.05) is 16.8 Å². The number of benzene rings is 2. The third kappa shape index (κ3) is 3.62. The van der Waals surface area contributed by atoms with Crippen LogP contribution >= 0.6 is 11.8 Å². The van der Waals surface area contributed by atoms with E-state index in [4.69, 9.17) is 0 Å². The topological polar surface area (TPSA) is 54.9 Å². The number of carbonyl (C=O) groups excluding carboxylic acids is 1. The van der Waals surface area contributed by atoms with E-state index in [0.717, 1.165) is 29.0 Å². The molecule has 0 radical (unpaired) electrons. The monoisotopic (exact) mass is 331 g/mol. The van der Waals surface area contributed by atoms with E-state index in [1.54, 1.807) is 6.20 Å². The average Bonchev–Trinajstić information content (AvgIpc) is 2.56. The van der Waals surface area contributed by atoms with E-state index in [0.29, 0.717) is 5.03 Å². The van der Waals surface area contributed by atoms with Gasteiger partial charge in [-0.05, 0) is 12.1 Å². The van der Waals surface area contributed by atoms with Gasteiger partial charge in [0.2, 0.25) is 5.91 Å². The standard InChI is InChI=1S/C16H11F2N3OS/c17-11-5-6-13(18)14(7-11)20-15(22)9-23-16-12-4-2-1-3-10(12)8-19-21-16/h1-8H,9H2,(H,20,22). The fourth-order valence-electron chi connectivity index (χ4n) is 2.02. The normalized spacial score (nSPS) is 10.7. The molecular weight excluding hydrogens is 320 g/mol. The highest BCUT2D eigenvalue weighted by Crippen LogP contribution is 2.25. The van der Waals surface area contributed by atoms with E-state index in [1.807, 2.05) is 24.3 Å². The first-order valence-corrected chi connectivity index (χ1v) is 7.70. The molecule has 3 aromatic rings. The van der Waals surface area contributed by atoms with Gasteiger partial charge in [0.25, 0.3) is 0 Å². The molecule has 1 N–H and O–H groups in total. The Labute approximate surface area is 134 Å². The van der Waals surface area contributed by atoms with E-state index < -0.39 is 17.5 Å². The first kappa shape index (κ1) is 15.4. The van der Waals surface area contributed by atoms with Crippen molar-refractivity contribution in [3.63, 3.8) is 0 Å². The molecule has 1 amide bonds. The summed E-state index contributed by atoms with van der Waals surface area (Å²) in [6.07, 6.45) is 1.64. The highest BCUT2D eigenvalue weighted by Gasteiger charge is 2.11. The molecule has 0 spiro atoms. The summed E-state index contributed by atoms with van der Waals surface area (Å²) in [4.78, 5) is 11.9. The Morgan fingerprint density at radius 2 is 2.00 bits per heavy atom. The van der Waals surface area contributed by atoms with Gasteiger partial charge < -0.3 is 5.32 Å². The van der Waals surface area contributed by atoms with Crippen molar-refractivity contribution in [3.05, 3.63) is 60.3 Å². The number of nitrogens with one attached hydrogen (secondary N) is 1. The van der Waals surface area contributed by atoms with Crippen LogP contribution in [0.5, 0.6) is 0 Å². The van der Waals surface area contributed by atoms with Gasteiger partial charge in [0.1, 0.15) is 16.7 Å². The first-order chi connectivity index (χ1) is 11.1. The number of fused-ring (bicyclic) bond motifs is 1. The maximum Gasteiger partial charge on any atom is 0.234 e. The summed E-state index contributed by atoms with van der Waals surface area (Å²) in [6, 6.07) is 10.4. The zero-order chi connectivity index (χ0) is 16.2. The lowest BCUT2D eigenvalue weighted by molar-refractivity contribution is -0.113. The molecule has 0 aliphatic rings. The minimum absolute atomic E-state index is 0.0125. The molecule has 0 aliphatic carbocycles. The van der Waals surface area contributed by atoms with E-state index in [-0.39, 0.29) is 11.4 Å². The Hall–Kier alpha value is -2.54. The highest BCUT2D eigenvalue weighted by atomic mass is 32.2. The number of hydrogen-bond acceptors (Lipinski definition) is 4. The highest BCUT2D eigenvalue weighted by molar-refractivity contribution is 8.00. The Kier molecular flexibility index (Phi) is 4.47. The van der Waals surface area contributed by atoms with Crippen molar-refractivity contribution in [3.8, 4) is 0 Å². The largest absolute Gasteiger partial charge is 0.323 e. The van der Waals surface area contributed by atoms with Crippen LogP contribution in [0, 0.1) is 11.6 Å². The zero-order valence-corrected chi connectivity index (χ0v) is 12.6. The van der Waals surface area contributed by atoms with Crippen LogP contribution in [-0.2, 0) is 4.79 Å². The van der Waals surface area contributed by atoms with E-state index in [2.05, 4.69) is 15.5 Å². The van der Waals surface area contributed by atoms with Crippen molar-refractivity contribution in [1.82, 2.24) is 10.2 Å². The second kappa shape index (κ2) is 6.70. The van der Waals surface area contributed by atoms with Crippen molar-refractivity contribution in [2.24, 2.45) is 0 Å². The number of hydrogen-bond donors (Lipinski definition) is 1. The number of anilines is 1. The summed E-state index contributed by atoms with van der Waals surface area (Å²) in [6.45, 7) is 0. The zero-order valence-electron chi connectivity index (χ0n) is 11.8. The Morgan fingerprint density at radius 1 is 1.17 bits per heavy atom. The minimum Gasteiger partial charge on any atom is -0.323 e. The fraction of sp³-hybridized carbons (Fsp3) is 0.0625. The summed E-state index contributed by atoms with van der Waals surface area (Å²) in [5.74, 6) is -1.74. The smallest absolute Gasteiger partial charge is 0.234 e. The van der Waals surface area contributed by atoms with Crippen LogP contribution in [0.4, 0.5) is 14.5 Å². The third-order valence-electron chi connectivity index (χ3n) is 3.08. The number of halogens is 2. The van der Waals surface area contributed by atoms with E-state index >= 15 is 0 Å². The molecule has 0 saturated carbocycles. The van der Waals surface area contributed by atoms with Crippen molar-refractivity contribution >= 4 is 34.1 Å². The average molecular weight is 331 g/mol. The Morgan fingerprint density at radius 3 is 2.87 bits per heavy atom. The molecule has 0 aliphatic heterocycles. The van der Waals surface area contributed by atoms with Crippen LogP contribution in [0.25, 0.3) is 10.8 Å². The van der Waals surface area contributed by atoms with E-state index in [9.17, 15) is 13.6 Å². The number of thioether (sulfide) groups is 1. The molecule has 116 valence electrons. The van der Waals surface area contributed by atoms with Crippen LogP contribution < -0.4 is 5.32 Å². The van der Waals surface area contributed by atoms with Crippen LogP contribution in [0.15, 0.2) is 53.7 Å². The van der Waals surface area contributed by atoms with Crippen LogP contribution in [0.3, 0.4) is 0 Å². The number of nitrogens with zero attached hydrogens (tertiary/aromatic N) is 2. The Bertz CT molecular complexity index is 868. The van der Waals surface area contributed by atoms with Crippen LogP contribution in [0.2, 0.25) is 0 Å². The lowest BCUT2D eigenvalue weighted by Gasteiger charge is -2.07. The van der Waals surface area contributed by atoms with E-state index in [1.165, 1.54) is 11.8 Å². The molecule has 1 aromatic heterocycles. The van der Waals surface area contributed by atoms with Gasteiger partial charge >= 0.3 is 0 Å². The summed E-state index contributed by atoms with van der Waals surface area (Å²) in [7, 11) is 0. The molecule has 0 atom stereocenters. The van der Waals surface area contributed by atoms with Gasteiger partial charge in [-0.1, -0.05) is 36.0 Å². The van der Waals surface area contributed by atoms with Gasteiger partial charge in [-0.2, -0.15) is 5.10 Å². The van der Waals surface area contributed by atoms with Crippen LogP contribution in [-0.4, -0.2) is 21.9 Å². The predicted molar refractivity (Wildman–Crippen MR) is 85.2 cm³/mol. The van der Waals surface area contributed by atoms with Gasteiger partial charge in [-0.25, -0.2) is 8.78 Å². The molecule has 7 heteroatoms. The number of rotatable bonds is 4. The molecular formula is C16H11F2N3OS. The second-order valence-electron chi connectivity index (χ2n) is 4.70. The third-order valence-corrected chi connectivity index (χ3v) is 4.06. The SMILES string of the molecule is O=C(CSc1nncc2ccccc12)Nc1cc(F)ccc1F. The lowest BCUT2D eigenvalue weighted by Crippen LogP contribution is -2.15. The fourth-order valence-corrected chi connectivity index (χ4v) is 2.81. The van der Waals surface area contributed by atoms with Crippen molar-refractivity contribution in [1.29, 1.82) is 0 Å². The van der Waals surface area contributed by atoms with Gasteiger partial charge in [0.15, 0.2) is 0 Å². The van der Waals surface area contributed by atoms with Crippen LogP contribution in [0.1, 0.15) is 0 Å². The second-order valence-corrected chi connectivity index (χ2v) is 5.66. The molecule has 23 heavy (non-hydrogen) atoms. The first-order valence-electron chi connectivity index (χ1n) is 6.71. The van der Waals surface area contributed by atoms with Gasteiger partial charge in [-0.15, -0.1) is 5.10 Å². The molecule has 2 aromatic carbocycles. The maximum absolute atomic E-state index is 13.5. The number of amides is 1. The summed E-state index contributed by atoms with van der Waals surface area (Å²) in [5.41, 5.74) is -0.181. The summed E-state index contributed by atoms with van der Waals surface area (Å²) in [5, 5.41) is 12.7. The van der Waals surface area contributed by atoms with Crippen molar-refractivity contribution < 1.29 is 13.6 Å². The molecule has 1 heterocycles. The summed E-state index contributed by atoms with van der Waals surface area (Å²) < 4.78 is 26.6. The molecule has 0 unspecified atom stereocenters. The maximum atomic E-state index is 13.5. The molecule has 4 nitrogen and oxygen atoms in total. The number of aromatic nitrogens is 2. The van der Waals surface area contributed by atoms with Gasteiger partial charge in [-0.3, -0.25) is 4.79 Å². The Balaban J connectivity index is 1.70. The molecule has 3 rings (SSSR count). The molecule has 0 fully saturated rings. The van der Waals surface area contributed by atoms with Crippen molar-refractivity contribution in [2.75, 3.05) is 11.1 Å². The predicted octanol–water partition coefficient (Wildman–Crippen LogP) is 3.64. The minimum atomic E-state index is -0.685. The number of carbonyl (C=O) groups is 1. The summed E-state index contributed by atoms with van der Waals surface area (Å²) >= 11 is 1.19.